The van der Waals surface area contributed by atoms with Crippen molar-refractivity contribution in [3.05, 3.63) is 156 Å². The zero-order valence-corrected chi connectivity index (χ0v) is 86.7. The number of anilines is 2. The topological polar surface area (TPSA) is 724 Å². The number of benzene rings is 6. The maximum atomic E-state index is 15.0. The number of phenols is 1. The van der Waals surface area contributed by atoms with E-state index in [4.69, 9.17) is 17.2 Å². The molecule has 0 aliphatic carbocycles. The lowest BCUT2D eigenvalue weighted by Gasteiger charge is -2.30. The Morgan fingerprint density at radius 1 is 0.480 bits per heavy atom. The molecule has 48 heteroatoms. The lowest BCUT2D eigenvalue weighted by Crippen LogP contribution is -2.61. The van der Waals surface area contributed by atoms with E-state index in [9.17, 15) is 115 Å². The Labute approximate surface area is 870 Å². The van der Waals surface area contributed by atoms with Gasteiger partial charge < -0.3 is 127 Å². The van der Waals surface area contributed by atoms with Crippen molar-refractivity contribution in [1.82, 2.24) is 84.7 Å². The van der Waals surface area contributed by atoms with E-state index in [0.29, 0.717) is 58.4 Å². The first kappa shape index (κ1) is 122. The largest absolute Gasteiger partial charge is 0.508 e. The summed E-state index contributed by atoms with van der Waals surface area (Å²) in [4.78, 5) is 252. The number of carbonyl (C=O) groups is 18. The second kappa shape index (κ2) is 60.9. The number of carboxylic acid groups (broad SMARTS) is 1. The Kier molecular flexibility index (Phi) is 49.5. The summed E-state index contributed by atoms with van der Waals surface area (Å²) >= 11 is 0. The molecule has 0 saturated carbocycles. The summed E-state index contributed by atoms with van der Waals surface area (Å²) in [6, 6.07) is 18.2. The van der Waals surface area contributed by atoms with Crippen LogP contribution in [0.25, 0.3) is 10.8 Å². The third-order valence-corrected chi connectivity index (χ3v) is 25.7. The van der Waals surface area contributed by atoms with Crippen LogP contribution in [-0.4, -0.2) is 285 Å². The summed E-state index contributed by atoms with van der Waals surface area (Å²) in [6.45, 7) is 10.5. The molecule has 7 rings (SSSR count). The number of fused-ring (bicyclic) bond motifs is 1. The second-order valence-corrected chi connectivity index (χ2v) is 39.1. The number of hydrogen-bond donors (Lipinski definition) is 23. The minimum atomic E-state index is -4.58. The number of aromatic hydroxyl groups is 1. The second-order valence-electron chi connectivity index (χ2n) is 37.7. The molecule has 1 aliphatic heterocycles. The van der Waals surface area contributed by atoms with Crippen LogP contribution in [0.2, 0.25) is 0 Å². The highest BCUT2D eigenvalue weighted by Crippen LogP contribution is 2.30. The molecule has 1 aliphatic rings. The van der Waals surface area contributed by atoms with E-state index in [1.165, 1.54) is 61.2 Å². The molecule has 1 heterocycles. The first-order chi connectivity index (χ1) is 71.2. The van der Waals surface area contributed by atoms with Gasteiger partial charge in [0.05, 0.1) is 30.6 Å². The van der Waals surface area contributed by atoms with Crippen LogP contribution < -0.4 is 107 Å². The third-order valence-electron chi connectivity index (χ3n) is 24.8. The van der Waals surface area contributed by atoms with E-state index < -0.39 is 239 Å². The minimum absolute atomic E-state index is 0.0201. The third kappa shape index (κ3) is 40.1. The first-order valence-corrected chi connectivity index (χ1v) is 51.3. The van der Waals surface area contributed by atoms with Crippen LogP contribution in [0, 0.1) is 17.8 Å². The number of nitrogens with two attached hydrogens (primary N) is 3. The maximum Gasteiger partial charge on any atom is 0.322 e. The molecule has 816 valence electrons. The van der Waals surface area contributed by atoms with Gasteiger partial charge in [-0.15, -0.1) is 0 Å². The zero-order chi connectivity index (χ0) is 111. The Morgan fingerprint density at radius 3 is 1.59 bits per heavy atom. The number of unbranched alkanes of at least 4 members (excludes halogenated alkanes) is 2. The van der Waals surface area contributed by atoms with E-state index >= 15 is 0 Å². The number of nitrogens with one attached hydrogen (secondary N) is 16. The number of likely N-dealkylation sites (tertiary alicyclic amines) is 1. The number of hydrogen-bond acceptors (Lipinski definition) is 28. The van der Waals surface area contributed by atoms with Gasteiger partial charge in [-0.3, -0.25) is 90.9 Å². The number of aliphatic hydroxyl groups is 1. The van der Waals surface area contributed by atoms with Crippen molar-refractivity contribution < 1.29 is 115 Å². The molecule has 150 heavy (non-hydrogen) atoms. The molecule has 0 spiro atoms. The van der Waals surface area contributed by atoms with Gasteiger partial charge in [0.2, 0.25) is 94.5 Å². The van der Waals surface area contributed by atoms with Gasteiger partial charge >= 0.3 is 5.97 Å². The number of amides is 17. The number of azo groups is 1. The number of aliphatic hydroxyl groups excluding tert-OH is 1. The Bertz CT molecular complexity index is 5790. The first-order valence-electron chi connectivity index (χ1n) is 49.8. The highest BCUT2D eigenvalue weighted by atomic mass is 32.2. The monoisotopic (exact) mass is 2110 g/mol. The van der Waals surface area contributed by atoms with Crippen molar-refractivity contribution in [2.24, 2.45) is 45.2 Å². The van der Waals surface area contributed by atoms with Gasteiger partial charge in [-0.25, -0.2) is 0 Å². The number of carbonyl (C=O) groups excluding carboxylic acids is 17. The molecule has 1 fully saturated rings. The van der Waals surface area contributed by atoms with E-state index in [-0.39, 0.29) is 125 Å². The molecule has 0 radical (unpaired) electrons. The number of phenolic OH excluding ortho intramolecular Hbond substituents is 1. The molecule has 17 amide bonds. The van der Waals surface area contributed by atoms with Gasteiger partial charge in [-0.1, -0.05) is 115 Å². The molecule has 0 unspecified atom stereocenters. The summed E-state index contributed by atoms with van der Waals surface area (Å²) in [7, 11) is -0.739. The van der Waals surface area contributed by atoms with Gasteiger partial charge in [0.1, 0.15) is 89.7 Å². The molecule has 0 aromatic heterocycles. The van der Waals surface area contributed by atoms with Crippen LogP contribution in [-0.2, 0) is 104 Å². The van der Waals surface area contributed by atoms with E-state index in [1.54, 1.807) is 114 Å². The van der Waals surface area contributed by atoms with Crippen molar-refractivity contribution in [3.63, 3.8) is 0 Å². The molecule has 6 aromatic rings. The highest BCUT2D eigenvalue weighted by molar-refractivity contribution is 7.86. The maximum absolute atomic E-state index is 15.0. The Balaban J connectivity index is 0.952. The normalized spacial score (nSPS) is 15.0. The minimum Gasteiger partial charge on any atom is -0.508 e. The SMILES string of the molecule is CC[C@H](C)[C@H](NC(=O)CNC(=O)[C@H](C)NC(=O)[C@@H]1CCCN1C(=O)[C@H](Cc1ccccc1)NC(=O)[C@H](CCC(N)=O)NC(=O)[C@H](CO)NC(=O)[C@H](C)NC(=O)[C@H](CCCCN)NC(=O)[C@H](CC(C)C)NC(=O)[C@H](Cc1ccc(O)cc1)NC(=O)[C@@H](NC(=O)[C@H](CCC(N)=O)NCCNc1cccc2c(S(=O)(=O)O)cccc12)C(C)C)C(=O)N[C@@H](CCCCNC(=O)c1ccc(N=Nc2ccc(N(C)C)cc2)cc1)C(=O)NCC(=O)O. The lowest BCUT2D eigenvalue weighted by atomic mass is 9.97. The fourth-order valence-electron chi connectivity index (χ4n) is 16.2. The van der Waals surface area contributed by atoms with Crippen LogP contribution in [0.15, 0.2) is 155 Å². The van der Waals surface area contributed by atoms with E-state index in [0.717, 1.165) is 5.69 Å². The average molecular weight is 2110 g/mol. The zero-order valence-electron chi connectivity index (χ0n) is 85.9. The highest BCUT2D eigenvalue weighted by Gasteiger charge is 2.42. The van der Waals surface area contributed by atoms with Gasteiger partial charge in [0, 0.05) is 93.7 Å². The summed E-state index contributed by atoms with van der Waals surface area (Å²) in [6.07, 6.45) is -0.289. The summed E-state index contributed by atoms with van der Waals surface area (Å²) in [5.41, 5.74) is 20.8. The number of rotatable bonds is 63. The molecular weight excluding hydrogens is 1960 g/mol. The fourth-order valence-corrected chi connectivity index (χ4v) is 16.9. The number of primary amides is 2. The smallest absolute Gasteiger partial charge is 0.322 e. The van der Waals surface area contributed by atoms with Crippen LogP contribution in [0.3, 0.4) is 0 Å². The summed E-state index contributed by atoms with van der Waals surface area (Å²) in [5, 5.41) is 81.7. The van der Waals surface area contributed by atoms with Crippen molar-refractivity contribution in [2.75, 3.05) is 76.7 Å². The molecule has 47 nitrogen and oxygen atoms in total. The predicted molar refractivity (Wildman–Crippen MR) is 555 cm³/mol. The van der Waals surface area contributed by atoms with Gasteiger partial charge in [0.25, 0.3) is 16.0 Å². The van der Waals surface area contributed by atoms with Gasteiger partial charge in [-0.2, -0.15) is 18.6 Å². The summed E-state index contributed by atoms with van der Waals surface area (Å²) < 4.78 is 34.2. The molecular formula is C102H143N23O24S. The standard InChI is InChI=1S/C102H143N23O24S/c1-11-60(6)88(101(145)115-74(92(136)110-56-86(131)132)27-16-18-48-108-91(135)65-33-35-66(36-34-65)122-123-67-37-39-68(40-38-67)124(9)10)120-85(130)55-109-89(133)61(7)112-99(143)81-29-21-51-125(81)102(146)79(54-63-22-13-12-14-23-63)118-95(139)76(44-46-84(105)129)114-98(142)80(57-126)119-90(134)62(8)111-94(138)75(26-15-17-47-103)113-96(140)77(52-58(2)3)116-97(141)78(53-64-31-41-69(127)42-32-64)117-100(144)87(59(4)5)121-93(137)73(43-45-83(104)128)107-50-49-106-72-28-19-25-71-70(72)24-20-30-82(71)150(147,148)149/h12-14,19-20,22-25,28,30-42,58-62,73-81,87-88,106-107,126-127H,11,15-18,21,26-27,29,43-57,103H2,1-10H3,(H2,104,128)(H2,105,129)(H,108,135)(H,109,133)(H,110,136)(H,111,138)(H,112,143)(H,113,140)(H,114,142)(H,115,145)(H,116,141)(H,117,144)(H,118,139)(H,119,134)(H,120,130)(H,121,137)(H,131,132)(H,147,148,149)/t60-,61-,62-,73-,74-,75-,76-,77-,78-,79-,80-,81-,87-,88-/m0/s1. The summed E-state index contributed by atoms with van der Waals surface area (Å²) in [5.74, 6) is -17.8. The fraction of sp³-hybridized carbons (Fsp3) is 0.490. The quantitative estimate of drug-likeness (QED) is 0.0143. The van der Waals surface area contributed by atoms with Crippen molar-refractivity contribution in [3.8, 4) is 5.75 Å². The van der Waals surface area contributed by atoms with Crippen LogP contribution >= 0.6 is 0 Å². The van der Waals surface area contributed by atoms with Gasteiger partial charge in [0.15, 0.2) is 0 Å². The Hall–Kier alpha value is -15.2. The molecule has 0 bridgehead atoms. The van der Waals surface area contributed by atoms with Crippen molar-refractivity contribution in [1.29, 1.82) is 0 Å². The van der Waals surface area contributed by atoms with Crippen molar-refractivity contribution >= 4 is 150 Å². The number of carboxylic acids is 1. The van der Waals surface area contributed by atoms with Crippen molar-refractivity contribution in [2.45, 2.75) is 242 Å². The molecule has 1 saturated heterocycles. The van der Waals surface area contributed by atoms with Crippen LogP contribution in [0.5, 0.6) is 5.75 Å². The number of aliphatic carboxylic acids is 1. The molecule has 26 N–H and O–H groups in total. The molecule has 14 atom stereocenters. The van der Waals surface area contributed by atoms with Crippen LogP contribution in [0.4, 0.5) is 22.7 Å². The number of nitrogens with zero attached hydrogens (tertiary/aromatic N) is 4. The Morgan fingerprint density at radius 2 is 0.993 bits per heavy atom. The van der Waals surface area contributed by atoms with Crippen LogP contribution in [0.1, 0.15) is 167 Å². The van der Waals surface area contributed by atoms with E-state index in [1.807, 2.05) is 43.3 Å². The lowest BCUT2D eigenvalue weighted by molar-refractivity contribution is -0.142. The average Bonchev–Trinajstić information content (AvgIpc) is 0.970. The van der Waals surface area contributed by atoms with E-state index in [2.05, 4.69) is 95.3 Å². The predicted octanol–water partition coefficient (Wildman–Crippen LogP) is 0.810. The molecule has 6 aromatic carbocycles. The van der Waals surface area contributed by atoms with Gasteiger partial charge in [-0.05, 0) is 193 Å².